The van der Waals surface area contributed by atoms with E-state index in [-0.39, 0.29) is 12.5 Å². The van der Waals surface area contributed by atoms with Crippen LogP contribution in [-0.4, -0.2) is 45.0 Å². The van der Waals surface area contributed by atoms with Crippen molar-refractivity contribution in [3.8, 4) is 0 Å². The van der Waals surface area contributed by atoms with Crippen LogP contribution in [0.2, 0.25) is 0 Å². The first kappa shape index (κ1) is 18.4. The summed E-state index contributed by atoms with van der Waals surface area (Å²) in [5.41, 5.74) is 2.79. The number of anilines is 2. The van der Waals surface area contributed by atoms with Crippen LogP contribution in [0.3, 0.4) is 0 Å². The largest absolute Gasteiger partial charge is 0.386 e. The monoisotopic (exact) mass is 417 g/mol. The number of oxime groups is 1. The van der Waals surface area contributed by atoms with Crippen LogP contribution in [0.5, 0.6) is 0 Å². The van der Waals surface area contributed by atoms with Crippen LogP contribution >= 0.6 is 15.9 Å². The molecule has 2 aromatic carbocycles. The van der Waals surface area contributed by atoms with Gasteiger partial charge in [0.25, 0.3) is 5.91 Å². The van der Waals surface area contributed by atoms with Gasteiger partial charge in [-0.25, -0.2) is 0 Å². The summed E-state index contributed by atoms with van der Waals surface area (Å²) >= 11 is 3.35. The molecular formula is C19H20BrN3O3. The zero-order chi connectivity index (χ0) is 18.2. The highest BCUT2D eigenvalue weighted by molar-refractivity contribution is 9.10. The van der Waals surface area contributed by atoms with Crippen LogP contribution in [0.25, 0.3) is 0 Å². The fraction of sp³-hybridized carbons (Fsp3) is 0.263. The third kappa shape index (κ3) is 5.57. The Kier molecular flexibility index (Phi) is 6.62. The quantitative estimate of drug-likeness (QED) is 0.578. The molecule has 0 bridgehead atoms. The fourth-order valence-corrected chi connectivity index (χ4v) is 2.78. The highest BCUT2D eigenvalue weighted by Gasteiger charge is 2.10. The predicted octanol–water partition coefficient (Wildman–Crippen LogP) is 3.27. The molecule has 1 aliphatic heterocycles. The van der Waals surface area contributed by atoms with Crippen molar-refractivity contribution < 1.29 is 14.4 Å². The number of nitrogens with one attached hydrogen (secondary N) is 1. The van der Waals surface area contributed by atoms with Crippen molar-refractivity contribution in [2.75, 3.05) is 43.1 Å². The molecule has 1 aliphatic rings. The topological polar surface area (TPSA) is 63.2 Å². The van der Waals surface area contributed by atoms with Gasteiger partial charge in [-0.3, -0.25) is 4.79 Å². The maximum atomic E-state index is 11.8. The highest BCUT2D eigenvalue weighted by Crippen LogP contribution is 2.16. The number of rotatable bonds is 6. The van der Waals surface area contributed by atoms with Gasteiger partial charge in [-0.15, -0.1) is 0 Å². The molecule has 1 N–H and O–H groups in total. The van der Waals surface area contributed by atoms with E-state index in [1.807, 2.05) is 36.4 Å². The minimum Gasteiger partial charge on any atom is -0.386 e. The molecule has 2 aromatic rings. The number of hydrogen-bond donors (Lipinski definition) is 1. The first-order valence-electron chi connectivity index (χ1n) is 8.34. The molecule has 1 amide bonds. The summed E-state index contributed by atoms with van der Waals surface area (Å²) in [6.45, 7) is 3.20. The lowest BCUT2D eigenvalue weighted by Crippen LogP contribution is -2.36. The van der Waals surface area contributed by atoms with Crippen LogP contribution in [0.1, 0.15) is 5.56 Å². The molecular weight excluding hydrogens is 398 g/mol. The molecule has 0 unspecified atom stereocenters. The Morgan fingerprint density at radius 2 is 1.85 bits per heavy atom. The Balaban J connectivity index is 1.43. The van der Waals surface area contributed by atoms with Crippen LogP contribution in [0.4, 0.5) is 11.4 Å². The second kappa shape index (κ2) is 9.35. The van der Waals surface area contributed by atoms with Crippen molar-refractivity contribution in [2.45, 2.75) is 0 Å². The number of amides is 1. The SMILES string of the molecule is O=C(CO/N=C/c1ccc(N2CCOCC2)cc1)Nc1ccc(Br)cc1. The molecule has 136 valence electrons. The average molecular weight is 418 g/mol. The summed E-state index contributed by atoms with van der Waals surface area (Å²) in [6, 6.07) is 15.4. The molecule has 3 rings (SSSR count). The summed E-state index contributed by atoms with van der Waals surface area (Å²) in [5.74, 6) is -0.257. The number of nitrogens with zero attached hydrogens (tertiary/aromatic N) is 2. The standard InChI is InChI=1S/C19H20BrN3O3/c20-16-3-5-17(6-4-16)22-19(24)14-26-21-13-15-1-7-18(8-2-15)23-9-11-25-12-10-23/h1-8,13H,9-12,14H2,(H,22,24)/b21-13+. The number of carbonyl (C=O) groups is 1. The lowest BCUT2D eigenvalue weighted by molar-refractivity contribution is -0.120. The second-order valence-electron chi connectivity index (χ2n) is 5.75. The van der Waals surface area contributed by atoms with Gasteiger partial charge < -0.3 is 19.8 Å². The van der Waals surface area contributed by atoms with Gasteiger partial charge in [0.15, 0.2) is 6.61 Å². The van der Waals surface area contributed by atoms with Gasteiger partial charge in [-0.2, -0.15) is 0 Å². The second-order valence-corrected chi connectivity index (χ2v) is 6.67. The van der Waals surface area contributed by atoms with E-state index in [2.05, 4.69) is 31.3 Å². The molecule has 1 heterocycles. The van der Waals surface area contributed by atoms with Gasteiger partial charge >= 0.3 is 0 Å². The Morgan fingerprint density at radius 3 is 2.54 bits per heavy atom. The van der Waals surface area contributed by atoms with Crippen LogP contribution < -0.4 is 10.2 Å². The normalized spacial score (nSPS) is 14.4. The van der Waals surface area contributed by atoms with Gasteiger partial charge in [0.1, 0.15) is 0 Å². The molecule has 0 atom stereocenters. The van der Waals surface area contributed by atoms with E-state index in [0.29, 0.717) is 5.69 Å². The minimum absolute atomic E-state index is 0.140. The lowest BCUT2D eigenvalue weighted by atomic mass is 10.2. The Hall–Kier alpha value is -2.38. The Morgan fingerprint density at radius 1 is 1.15 bits per heavy atom. The lowest BCUT2D eigenvalue weighted by Gasteiger charge is -2.28. The van der Waals surface area contributed by atoms with Crippen molar-refractivity contribution in [2.24, 2.45) is 5.16 Å². The molecule has 26 heavy (non-hydrogen) atoms. The van der Waals surface area contributed by atoms with E-state index in [0.717, 1.165) is 36.3 Å². The smallest absolute Gasteiger partial charge is 0.265 e. The maximum absolute atomic E-state index is 11.8. The molecule has 0 aromatic heterocycles. The van der Waals surface area contributed by atoms with E-state index < -0.39 is 0 Å². The van der Waals surface area contributed by atoms with E-state index >= 15 is 0 Å². The van der Waals surface area contributed by atoms with Gasteiger partial charge in [-0.05, 0) is 42.0 Å². The van der Waals surface area contributed by atoms with Gasteiger partial charge in [0, 0.05) is 28.9 Å². The highest BCUT2D eigenvalue weighted by atomic mass is 79.9. The van der Waals surface area contributed by atoms with E-state index in [1.54, 1.807) is 18.3 Å². The first-order chi connectivity index (χ1) is 12.7. The third-order valence-electron chi connectivity index (χ3n) is 3.87. The predicted molar refractivity (Wildman–Crippen MR) is 106 cm³/mol. The maximum Gasteiger partial charge on any atom is 0.265 e. The molecule has 0 radical (unpaired) electrons. The van der Waals surface area contributed by atoms with Crippen molar-refractivity contribution in [3.05, 3.63) is 58.6 Å². The van der Waals surface area contributed by atoms with E-state index in [1.165, 1.54) is 5.69 Å². The van der Waals surface area contributed by atoms with Gasteiger partial charge in [0.2, 0.25) is 0 Å². The summed E-state index contributed by atoms with van der Waals surface area (Å²) in [7, 11) is 0. The molecule has 6 nitrogen and oxygen atoms in total. The van der Waals surface area contributed by atoms with Crippen molar-refractivity contribution >= 4 is 39.4 Å². The Bertz CT molecular complexity index is 742. The van der Waals surface area contributed by atoms with Crippen LogP contribution in [-0.2, 0) is 14.4 Å². The first-order valence-corrected chi connectivity index (χ1v) is 9.13. The molecule has 1 fully saturated rings. The molecule has 7 heteroatoms. The van der Waals surface area contributed by atoms with Gasteiger partial charge in [0.05, 0.1) is 19.4 Å². The molecule has 0 spiro atoms. The number of hydrogen-bond acceptors (Lipinski definition) is 5. The zero-order valence-electron chi connectivity index (χ0n) is 14.2. The molecule has 1 saturated heterocycles. The van der Waals surface area contributed by atoms with E-state index in [4.69, 9.17) is 9.57 Å². The van der Waals surface area contributed by atoms with Crippen molar-refractivity contribution in [3.63, 3.8) is 0 Å². The summed E-state index contributed by atoms with van der Waals surface area (Å²) in [5, 5.41) is 6.59. The number of carbonyl (C=O) groups excluding carboxylic acids is 1. The van der Waals surface area contributed by atoms with Crippen LogP contribution in [0.15, 0.2) is 58.2 Å². The van der Waals surface area contributed by atoms with Crippen molar-refractivity contribution in [1.29, 1.82) is 0 Å². The average Bonchev–Trinajstić information content (AvgIpc) is 2.68. The molecule has 0 saturated carbocycles. The molecule has 0 aliphatic carbocycles. The summed E-state index contributed by atoms with van der Waals surface area (Å²) < 4.78 is 6.31. The Labute approximate surface area is 160 Å². The zero-order valence-corrected chi connectivity index (χ0v) is 15.8. The van der Waals surface area contributed by atoms with E-state index in [9.17, 15) is 4.79 Å². The number of morpholine rings is 1. The number of benzene rings is 2. The van der Waals surface area contributed by atoms with Crippen molar-refractivity contribution in [1.82, 2.24) is 0 Å². The number of ether oxygens (including phenoxy) is 1. The van der Waals surface area contributed by atoms with Crippen LogP contribution in [0, 0.1) is 0 Å². The summed E-state index contributed by atoms with van der Waals surface area (Å²) in [4.78, 5) is 19.1. The third-order valence-corrected chi connectivity index (χ3v) is 4.40. The summed E-state index contributed by atoms with van der Waals surface area (Å²) in [6.07, 6.45) is 1.59. The van der Waals surface area contributed by atoms with Gasteiger partial charge in [-0.1, -0.05) is 33.2 Å². The minimum atomic E-state index is -0.257. The fourth-order valence-electron chi connectivity index (χ4n) is 2.52. The number of halogens is 1.